The van der Waals surface area contributed by atoms with Crippen molar-refractivity contribution >= 4 is 5.91 Å². The van der Waals surface area contributed by atoms with Crippen molar-refractivity contribution in [1.82, 2.24) is 15.1 Å². The van der Waals surface area contributed by atoms with Gasteiger partial charge in [0.05, 0.1) is 11.8 Å². The first-order valence-electron chi connectivity index (χ1n) is 4.77. The fourth-order valence-corrected chi connectivity index (χ4v) is 1.40. The summed E-state index contributed by atoms with van der Waals surface area (Å²) in [6, 6.07) is 0. The molecule has 1 N–H and O–H groups in total. The van der Waals surface area contributed by atoms with Gasteiger partial charge in [0.25, 0.3) is 5.91 Å². The summed E-state index contributed by atoms with van der Waals surface area (Å²) in [6.45, 7) is 6.80. The van der Waals surface area contributed by atoms with E-state index in [1.54, 1.807) is 11.1 Å². The van der Waals surface area contributed by atoms with E-state index in [1.165, 1.54) is 0 Å². The number of H-pyrrole nitrogens is 1. The van der Waals surface area contributed by atoms with Crippen LogP contribution in [0.2, 0.25) is 0 Å². The number of aromatic nitrogens is 2. The molecule has 0 spiro atoms. The van der Waals surface area contributed by atoms with Crippen molar-refractivity contribution in [3.63, 3.8) is 0 Å². The minimum atomic E-state index is 0.0324. The third kappa shape index (κ3) is 2.34. The number of hydrogen-bond acceptors (Lipinski definition) is 2. The number of carbonyl (C=O) groups excluding carboxylic acids is 1. The summed E-state index contributed by atoms with van der Waals surface area (Å²) < 4.78 is 0. The highest BCUT2D eigenvalue weighted by atomic mass is 16.2. The minimum Gasteiger partial charge on any atom is -0.341 e. The molecule has 0 atom stereocenters. The zero-order valence-electron chi connectivity index (χ0n) is 9.16. The molecule has 0 fully saturated rings. The third-order valence-corrected chi connectivity index (χ3v) is 2.05. The SMILES string of the molecule is Cc1[nH]ncc1C(=O)N(C)CC(C)C. The van der Waals surface area contributed by atoms with Crippen LogP contribution < -0.4 is 0 Å². The Morgan fingerprint density at radius 3 is 2.71 bits per heavy atom. The maximum absolute atomic E-state index is 11.8. The highest BCUT2D eigenvalue weighted by Gasteiger charge is 2.15. The second kappa shape index (κ2) is 4.26. The molecule has 4 heteroatoms. The predicted molar refractivity (Wildman–Crippen MR) is 55.1 cm³/mol. The normalized spacial score (nSPS) is 10.6. The van der Waals surface area contributed by atoms with E-state index in [1.807, 2.05) is 14.0 Å². The summed E-state index contributed by atoms with van der Waals surface area (Å²) >= 11 is 0. The number of carbonyl (C=O) groups is 1. The minimum absolute atomic E-state index is 0.0324. The Hall–Kier alpha value is -1.32. The summed E-state index contributed by atoms with van der Waals surface area (Å²) in [5.74, 6) is 0.515. The molecule has 0 unspecified atom stereocenters. The zero-order valence-corrected chi connectivity index (χ0v) is 9.16. The Labute approximate surface area is 84.3 Å². The van der Waals surface area contributed by atoms with E-state index < -0.39 is 0 Å². The number of nitrogens with one attached hydrogen (secondary N) is 1. The molecule has 0 aliphatic rings. The summed E-state index contributed by atoms with van der Waals surface area (Å²) in [6.07, 6.45) is 1.58. The van der Waals surface area contributed by atoms with Gasteiger partial charge in [-0.25, -0.2) is 0 Å². The maximum Gasteiger partial charge on any atom is 0.257 e. The lowest BCUT2D eigenvalue weighted by Crippen LogP contribution is -2.30. The Balaban J connectivity index is 2.71. The van der Waals surface area contributed by atoms with Crippen LogP contribution in [0.25, 0.3) is 0 Å². The molecule has 0 aliphatic carbocycles. The van der Waals surface area contributed by atoms with Crippen LogP contribution in [0.15, 0.2) is 6.20 Å². The van der Waals surface area contributed by atoms with E-state index in [0.29, 0.717) is 11.5 Å². The molecule has 1 rings (SSSR count). The van der Waals surface area contributed by atoms with Crippen molar-refractivity contribution in [3.05, 3.63) is 17.5 Å². The lowest BCUT2D eigenvalue weighted by atomic mass is 10.2. The lowest BCUT2D eigenvalue weighted by molar-refractivity contribution is 0.0778. The van der Waals surface area contributed by atoms with Crippen molar-refractivity contribution in [2.75, 3.05) is 13.6 Å². The fourth-order valence-electron chi connectivity index (χ4n) is 1.40. The van der Waals surface area contributed by atoms with Crippen molar-refractivity contribution in [1.29, 1.82) is 0 Å². The van der Waals surface area contributed by atoms with Crippen LogP contribution in [0, 0.1) is 12.8 Å². The van der Waals surface area contributed by atoms with Crippen LogP contribution in [0.3, 0.4) is 0 Å². The molecule has 1 heterocycles. The average Bonchev–Trinajstić information content (AvgIpc) is 2.48. The summed E-state index contributed by atoms with van der Waals surface area (Å²) in [5.41, 5.74) is 1.48. The van der Waals surface area contributed by atoms with Gasteiger partial charge in [-0.3, -0.25) is 9.89 Å². The second-order valence-corrected chi connectivity index (χ2v) is 3.99. The number of aryl methyl sites for hydroxylation is 1. The van der Waals surface area contributed by atoms with Crippen molar-refractivity contribution in [2.45, 2.75) is 20.8 Å². The van der Waals surface area contributed by atoms with Gasteiger partial charge in [0.2, 0.25) is 0 Å². The van der Waals surface area contributed by atoms with Crippen LogP contribution in [0.4, 0.5) is 0 Å². The van der Waals surface area contributed by atoms with Gasteiger partial charge < -0.3 is 4.90 Å². The van der Waals surface area contributed by atoms with Gasteiger partial charge in [-0.2, -0.15) is 5.10 Å². The van der Waals surface area contributed by atoms with Gasteiger partial charge >= 0.3 is 0 Å². The molecule has 0 aliphatic heterocycles. The summed E-state index contributed by atoms with van der Waals surface area (Å²) in [4.78, 5) is 13.6. The molecule has 0 bridgehead atoms. The molecule has 1 aromatic rings. The fraction of sp³-hybridized carbons (Fsp3) is 0.600. The predicted octanol–water partition coefficient (Wildman–Crippen LogP) is 1.45. The Morgan fingerprint density at radius 1 is 1.64 bits per heavy atom. The van der Waals surface area contributed by atoms with Gasteiger partial charge in [-0.05, 0) is 12.8 Å². The number of aromatic amines is 1. The number of hydrogen-bond donors (Lipinski definition) is 1. The Bertz CT molecular complexity index is 317. The molecule has 1 amide bonds. The van der Waals surface area contributed by atoms with Gasteiger partial charge in [-0.15, -0.1) is 0 Å². The molecular weight excluding hydrogens is 178 g/mol. The van der Waals surface area contributed by atoms with Crippen LogP contribution in [-0.2, 0) is 0 Å². The molecule has 0 aromatic carbocycles. The largest absolute Gasteiger partial charge is 0.341 e. The quantitative estimate of drug-likeness (QED) is 0.793. The van der Waals surface area contributed by atoms with Crippen molar-refractivity contribution in [2.24, 2.45) is 5.92 Å². The highest BCUT2D eigenvalue weighted by Crippen LogP contribution is 2.07. The van der Waals surface area contributed by atoms with E-state index in [2.05, 4.69) is 24.0 Å². The van der Waals surface area contributed by atoms with Gasteiger partial charge in [0, 0.05) is 19.3 Å². The zero-order chi connectivity index (χ0) is 10.7. The first-order chi connectivity index (χ1) is 6.52. The maximum atomic E-state index is 11.8. The molecule has 0 radical (unpaired) electrons. The molecule has 4 nitrogen and oxygen atoms in total. The summed E-state index contributed by atoms with van der Waals surface area (Å²) in [7, 11) is 1.81. The van der Waals surface area contributed by atoms with Crippen LogP contribution >= 0.6 is 0 Å². The Morgan fingerprint density at radius 2 is 2.29 bits per heavy atom. The van der Waals surface area contributed by atoms with E-state index in [0.717, 1.165) is 12.2 Å². The number of amides is 1. The van der Waals surface area contributed by atoms with Crippen molar-refractivity contribution < 1.29 is 4.79 Å². The Kier molecular flexibility index (Phi) is 3.28. The van der Waals surface area contributed by atoms with Crippen LogP contribution in [0.5, 0.6) is 0 Å². The van der Waals surface area contributed by atoms with E-state index in [9.17, 15) is 4.79 Å². The summed E-state index contributed by atoms with van der Waals surface area (Å²) in [5, 5.41) is 6.59. The van der Waals surface area contributed by atoms with Gasteiger partial charge in [0.1, 0.15) is 0 Å². The monoisotopic (exact) mass is 195 g/mol. The van der Waals surface area contributed by atoms with Gasteiger partial charge in [0.15, 0.2) is 0 Å². The highest BCUT2D eigenvalue weighted by molar-refractivity contribution is 5.94. The standard InChI is InChI=1S/C10H17N3O/c1-7(2)6-13(4)10(14)9-5-11-12-8(9)3/h5,7H,6H2,1-4H3,(H,11,12). The van der Waals surface area contributed by atoms with Crippen LogP contribution in [-0.4, -0.2) is 34.6 Å². The van der Waals surface area contributed by atoms with E-state index in [-0.39, 0.29) is 5.91 Å². The van der Waals surface area contributed by atoms with Gasteiger partial charge in [-0.1, -0.05) is 13.8 Å². The molecule has 0 saturated heterocycles. The van der Waals surface area contributed by atoms with E-state index >= 15 is 0 Å². The third-order valence-electron chi connectivity index (χ3n) is 2.05. The van der Waals surface area contributed by atoms with Crippen LogP contribution in [0.1, 0.15) is 29.9 Å². The second-order valence-electron chi connectivity index (χ2n) is 3.99. The molecule has 0 saturated carbocycles. The molecule has 14 heavy (non-hydrogen) atoms. The number of nitrogens with zero attached hydrogens (tertiary/aromatic N) is 2. The van der Waals surface area contributed by atoms with Crippen molar-refractivity contribution in [3.8, 4) is 0 Å². The number of rotatable bonds is 3. The average molecular weight is 195 g/mol. The first-order valence-corrected chi connectivity index (χ1v) is 4.77. The molecule has 1 aromatic heterocycles. The lowest BCUT2D eigenvalue weighted by Gasteiger charge is -2.18. The molecular formula is C10H17N3O. The smallest absolute Gasteiger partial charge is 0.257 e. The molecule has 78 valence electrons. The van der Waals surface area contributed by atoms with E-state index in [4.69, 9.17) is 0 Å². The first kappa shape index (κ1) is 10.8. The topological polar surface area (TPSA) is 49.0 Å².